The topological polar surface area (TPSA) is 58.1 Å². The van der Waals surface area contributed by atoms with Gasteiger partial charge in [0.2, 0.25) is 5.91 Å². The van der Waals surface area contributed by atoms with Crippen LogP contribution in [0.2, 0.25) is 0 Å². The molecule has 1 saturated carbocycles. The maximum atomic E-state index is 13.1. The first kappa shape index (κ1) is 19.0. The molecule has 1 amide bonds. The molecule has 1 atom stereocenters. The molecule has 150 valence electrons. The predicted octanol–water partition coefficient (Wildman–Crippen LogP) is 4.24. The van der Waals surface area contributed by atoms with Crippen molar-refractivity contribution in [3.63, 3.8) is 0 Å². The van der Waals surface area contributed by atoms with Gasteiger partial charge in [0, 0.05) is 18.0 Å². The second kappa shape index (κ2) is 7.22. The first-order valence-electron chi connectivity index (χ1n) is 9.72. The molecule has 2 fully saturated rings. The van der Waals surface area contributed by atoms with Gasteiger partial charge in [0.1, 0.15) is 18.2 Å². The zero-order valence-corrected chi connectivity index (χ0v) is 15.7. The highest BCUT2D eigenvalue weighted by Gasteiger charge is 2.37. The Labute approximate surface area is 161 Å². The Balaban J connectivity index is 1.54. The Kier molecular flexibility index (Phi) is 4.89. The molecule has 1 saturated heterocycles. The van der Waals surface area contributed by atoms with Crippen LogP contribution in [0.1, 0.15) is 44.6 Å². The lowest BCUT2D eigenvalue weighted by atomic mass is 9.87. The van der Waals surface area contributed by atoms with Crippen molar-refractivity contribution in [3.8, 4) is 0 Å². The summed E-state index contributed by atoms with van der Waals surface area (Å²) in [5.41, 5.74) is -0.345. The summed E-state index contributed by atoms with van der Waals surface area (Å²) in [4.78, 5) is 23.0. The van der Waals surface area contributed by atoms with Gasteiger partial charge < -0.3 is 10.2 Å². The third-order valence-corrected chi connectivity index (χ3v) is 5.94. The molecule has 1 aromatic heterocycles. The fourth-order valence-corrected chi connectivity index (χ4v) is 4.27. The van der Waals surface area contributed by atoms with E-state index >= 15 is 0 Å². The molecule has 2 heterocycles. The van der Waals surface area contributed by atoms with E-state index in [1.807, 2.05) is 4.90 Å². The zero-order chi connectivity index (χ0) is 19.9. The molecule has 1 aliphatic carbocycles. The maximum Gasteiger partial charge on any atom is 0.416 e. The SMILES string of the molecule is CC1CCC(N2CCC(Nc3ncnc4ccc(C(F)(F)F)cc34)C2=O)CC1. The molecule has 8 heteroatoms. The Morgan fingerprint density at radius 3 is 2.57 bits per heavy atom. The number of anilines is 1. The van der Waals surface area contributed by atoms with Gasteiger partial charge >= 0.3 is 6.18 Å². The van der Waals surface area contributed by atoms with Gasteiger partial charge in [-0.2, -0.15) is 13.2 Å². The van der Waals surface area contributed by atoms with Crippen molar-refractivity contribution in [1.29, 1.82) is 0 Å². The van der Waals surface area contributed by atoms with Gasteiger partial charge in [0.15, 0.2) is 0 Å². The molecular formula is C20H23F3N4O. The number of amides is 1. The van der Waals surface area contributed by atoms with E-state index in [-0.39, 0.29) is 23.2 Å². The van der Waals surface area contributed by atoms with E-state index in [0.717, 1.165) is 37.8 Å². The first-order chi connectivity index (χ1) is 13.3. The maximum absolute atomic E-state index is 13.1. The number of benzene rings is 1. The summed E-state index contributed by atoms with van der Waals surface area (Å²) in [5.74, 6) is 0.991. The van der Waals surface area contributed by atoms with Gasteiger partial charge in [0.05, 0.1) is 11.1 Å². The van der Waals surface area contributed by atoms with Gasteiger partial charge in [-0.25, -0.2) is 9.97 Å². The number of alkyl halides is 3. The van der Waals surface area contributed by atoms with Crippen LogP contribution in [-0.4, -0.2) is 39.4 Å². The molecule has 1 N–H and O–H groups in total. The fraction of sp³-hybridized carbons (Fsp3) is 0.550. The van der Waals surface area contributed by atoms with E-state index in [0.29, 0.717) is 24.4 Å². The molecular weight excluding hydrogens is 369 g/mol. The van der Waals surface area contributed by atoms with Crippen LogP contribution in [0.4, 0.5) is 19.0 Å². The second-order valence-electron chi connectivity index (χ2n) is 7.88. The number of rotatable bonds is 3. The third-order valence-electron chi connectivity index (χ3n) is 5.94. The Morgan fingerprint density at radius 2 is 1.86 bits per heavy atom. The number of likely N-dealkylation sites (tertiary alicyclic amines) is 1. The number of nitrogens with zero attached hydrogens (tertiary/aromatic N) is 3. The number of carbonyl (C=O) groups excluding carboxylic acids is 1. The smallest absolute Gasteiger partial charge is 0.358 e. The third kappa shape index (κ3) is 3.64. The lowest BCUT2D eigenvalue weighted by Gasteiger charge is -2.33. The number of fused-ring (bicyclic) bond motifs is 1. The highest BCUT2D eigenvalue weighted by Crippen LogP contribution is 2.34. The molecule has 1 unspecified atom stereocenters. The molecule has 2 aliphatic rings. The summed E-state index contributed by atoms with van der Waals surface area (Å²) in [7, 11) is 0. The van der Waals surface area contributed by atoms with E-state index in [9.17, 15) is 18.0 Å². The molecule has 0 bridgehead atoms. The van der Waals surface area contributed by atoms with Gasteiger partial charge in [-0.1, -0.05) is 6.92 Å². The minimum Gasteiger partial charge on any atom is -0.358 e. The van der Waals surface area contributed by atoms with Crippen LogP contribution in [0.25, 0.3) is 10.9 Å². The van der Waals surface area contributed by atoms with Crippen LogP contribution in [0.15, 0.2) is 24.5 Å². The number of hydrogen-bond acceptors (Lipinski definition) is 4. The van der Waals surface area contributed by atoms with Crippen molar-refractivity contribution in [2.75, 3.05) is 11.9 Å². The fourth-order valence-electron chi connectivity index (χ4n) is 4.27. The van der Waals surface area contributed by atoms with Crippen molar-refractivity contribution in [1.82, 2.24) is 14.9 Å². The van der Waals surface area contributed by atoms with Crippen molar-refractivity contribution >= 4 is 22.6 Å². The van der Waals surface area contributed by atoms with Gasteiger partial charge in [0.25, 0.3) is 0 Å². The molecule has 5 nitrogen and oxygen atoms in total. The van der Waals surface area contributed by atoms with Crippen molar-refractivity contribution < 1.29 is 18.0 Å². The summed E-state index contributed by atoms with van der Waals surface area (Å²) in [6, 6.07) is 3.18. The first-order valence-corrected chi connectivity index (χ1v) is 9.72. The summed E-state index contributed by atoms with van der Waals surface area (Å²) in [6.07, 6.45) is 1.77. The van der Waals surface area contributed by atoms with E-state index in [1.165, 1.54) is 12.4 Å². The van der Waals surface area contributed by atoms with Crippen LogP contribution in [0.3, 0.4) is 0 Å². The van der Waals surface area contributed by atoms with Crippen molar-refractivity contribution in [2.24, 2.45) is 5.92 Å². The van der Waals surface area contributed by atoms with Gasteiger partial charge in [-0.05, 0) is 56.2 Å². The number of aromatic nitrogens is 2. The second-order valence-corrected chi connectivity index (χ2v) is 7.88. The summed E-state index contributed by atoms with van der Waals surface area (Å²) < 4.78 is 39.2. The van der Waals surface area contributed by atoms with Crippen molar-refractivity contribution in [2.45, 2.75) is 57.3 Å². The lowest BCUT2D eigenvalue weighted by molar-refractivity contribution is -0.137. The molecule has 28 heavy (non-hydrogen) atoms. The summed E-state index contributed by atoms with van der Waals surface area (Å²) in [6.45, 7) is 2.91. The highest BCUT2D eigenvalue weighted by atomic mass is 19.4. The number of nitrogens with one attached hydrogen (secondary N) is 1. The molecule has 1 aliphatic heterocycles. The Morgan fingerprint density at radius 1 is 1.11 bits per heavy atom. The van der Waals surface area contributed by atoms with Crippen LogP contribution in [-0.2, 0) is 11.0 Å². The molecule has 0 spiro atoms. The van der Waals surface area contributed by atoms with E-state index < -0.39 is 17.8 Å². The average Bonchev–Trinajstić information content (AvgIpc) is 3.02. The average molecular weight is 392 g/mol. The van der Waals surface area contributed by atoms with Crippen molar-refractivity contribution in [3.05, 3.63) is 30.1 Å². The van der Waals surface area contributed by atoms with Crippen LogP contribution in [0, 0.1) is 5.92 Å². The molecule has 1 aromatic carbocycles. The number of halogens is 3. The van der Waals surface area contributed by atoms with E-state index in [1.54, 1.807) is 0 Å². The van der Waals surface area contributed by atoms with E-state index in [4.69, 9.17) is 0 Å². The number of carbonyl (C=O) groups is 1. The zero-order valence-electron chi connectivity index (χ0n) is 15.7. The lowest BCUT2D eigenvalue weighted by Crippen LogP contribution is -2.42. The minimum atomic E-state index is -4.45. The minimum absolute atomic E-state index is 0.0123. The summed E-state index contributed by atoms with van der Waals surface area (Å²) in [5, 5.41) is 3.35. The van der Waals surface area contributed by atoms with E-state index in [2.05, 4.69) is 22.2 Å². The monoisotopic (exact) mass is 392 g/mol. The van der Waals surface area contributed by atoms with Crippen LogP contribution < -0.4 is 5.32 Å². The predicted molar refractivity (Wildman–Crippen MR) is 99.7 cm³/mol. The summed E-state index contributed by atoms with van der Waals surface area (Å²) >= 11 is 0. The normalized spacial score (nSPS) is 26.1. The largest absolute Gasteiger partial charge is 0.416 e. The van der Waals surface area contributed by atoms with Gasteiger partial charge in [-0.3, -0.25) is 4.79 Å². The molecule has 0 radical (unpaired) electrons. The quantitative estimate of drug-likeness (QED) is 0.849. The standard InChI is InChI=1S/C20H23F3N4O/c1-12-2-5-14(6-3-12)27-9-8-17(19(27)28)26-18-15-10-13(20(21,22)23)4-7-16(15)24-11-25-18/h4,7,10-12,14,17H,2-3,5-6,8-9H2,1H3,(H,24,25,26). The molecule has 2 aromatic rings. The Hall–Kier alpha value is -2.38. The Bertz CT molecular complexity index is 877. The van der Waals surface area contributed by atoms with Crippen LogP contribution >= 0.6 is 0 Å². The number of hydrogen-bond donors (Lipinski definition) is 1. The molecule has 4 rings (SSSR count). The van der Waals surface area contributed by atoms with Gasteiger partial charge in [-0.15, -0.1) is 0 Å². The highest BCUT2D eigenvalue weighted by molar-refractivity contribution is 5.93. The van der Waals surface area contributed by atoms with Crippen LogP contribution in [0.5, 0.6) is 0 Å².